The molecule has 42 heavy (non-hydrogen) atoms. The van der Waals surface area contributed by atoms with Gasteiger partial charge in [0.25, 0.3) is 0 Å². The van der Waals surface area contributed by atoms with Crippen LogP contribution >= 0.6 is 0 Å². The Balaban J connectivity index is 1.54. The number of carboxylic acids is 1. The summed E-state index contributed by atoms with van der Waals surface area (Å²) in [6.45, 7) is 5.60. The van der Waals surface area contributed by atoms with Crippen LogP contribution in [0.5, 0.6) is 0 Å². The maximum Gasteiger partial charge on any atom is 0.417 e. The minimum absolute atomic E-state index is 0.0848. The Labute approximate surface area is 245 Å². The number of ether oxygens (including phenoxy) is 1. The van der Waals surface area contributed by atoms with Crippen molar-refractivity contribution in [1.82, 2.24) is 19.5 Å². The molecule has 0 bridgehead atoms. The number of rotatable bonds is 9. The number of nitrogens with zero attached hydrogens (tertiary/aromatic N) is 6. The number of amides is 1. The number of hydrogen-bond acceptors (Lipinski definition) is 8. The minimum atomic E-state index is -1.04. The van der Waals surface area contributed by atoms with Gasteiger partial charge in [-0.15, -0.1) is 0 Å². The quantitative estimate of drug-likeness (QED) is 0.251. The number of carbonyl (C=O) groups excluding carboxylic acids is 1. The van der Waals surface area contributed by atoms with Crippen LogP contribution < -0.4 is 9.80 Å². The van der Waals surface area contributed by atoms with Crippen LogP contribution in [0.25, 0.3) is 11.2 Å². The van der Waals surface area contributed by atoms with Crippen LogP contribution in [0.1, 0.15) is 75.7 Å². The van der Waals surface area contributed by atoms with E-state index in [1.54, 1.807) is 33.1 Å². The van der Waals surface area contributed by atoms with Crippen molar-refractivity contribution < 1.29 is 23.8 Å². The zero-order chi connectivity index (χ0) is 29.9. The first kappa shape index (κ1) is 29.1. The van der Waals surface area contributed by atoms with Crippen molar-refractivity contribution in [2.75, 3.05) is 16.8 Å². The van der Waals surface area contributed by atoms with Gasteiger partial charge in [-0.2, -0.15) is 9.97 Å². The topological polar surface area (TPSA) is 127 Å². The maximum atomic E-state index is 13.6. The Kier molecular flexibility index (Phi) is 8.46. The molecule has 1 aliphatic rings. The van der Waals surface area contributed by atoms with Gasteiger partial charge in [0.2, 0.25) is 5.95 Å². The van der Waals surface area contributed by atoms with Crippen molar-refractivity contribution in [2.45, 2.75) is 84.0 Å². The number of aromatic nitrogens is 4. The van der Waals surface area contributed by atoms with Crippen molar-refractivity contribution in [3.05, 3.63) is 65.9 Å². The van der Waals surface area contributed by atoms with Crippen LogP contribution in [0.15, 0.2) is 53.4 Å². The smallest absolute Gasteiger partial charge is 0.417 e. The first-order chi connectivity index (χ1) is 20.1. The average molecular weight is 575 g/mol. The van der Waals surface area contributed by atoms with E-state index in [0.29, 0.717) is 35.2 Å². The molecule has 1 aliphatic carbocycles. The summed E-state index contributed by atoms with van der Waals surface area (Å²) in [5.74, 6) is 0.750. The highest BCUT2D eigenvalue weighted by Crippen LogP contribution is 2.33. The van der Waals surface area contributed by atoms with E-state index in [-0.39, 0.29) is 19.0 Å². The van der Waals surface area contributed by atoms with Crippen LogP contribution in [0, 0.1) is 0 Å². The van der Waals surface area contributed by atoms with E-state index in [2.05, 4.69) is 22.1 Å². The number of imidazole rings is 1. The average Bonchev–Trinajstić information content (AvgIpc) is 3.61. The van der Waals surface area contributed by atoms with Gasteiger partial charge < -0.3 is 23.7 Å². The lowest BCUT2D eigenvalue weighted by atomic mass is 9.84. The molecule has 0 saturated heterocycles. The summed E-state index contributed by atoms with van der Waals surface area (Å²) >= 11 is 0. The molecular formula is C31H38N6O5. The predicted molar refractivity (Wildman–Crippen MR) is 158 cm³/mol. The fourth-order valence-electron chi connectivity index (χ4n) is 5.33. The fraction of sp³-hybridized carbons (Fsp3) is 0.452. The summed E-state index contributed by atoms with van der Waals surface area (Å²) in [7, 11) is 1.83. The van der Waals surface area contributed by atoms with E-state index < -0.39 is 17.7 Å². The van der Waals surface area contributed by atoms with Crippen LogP contribution in [-0.4, -0.2) is 49.3 Å². The van der Waals surface area contributed by atoms with Gasteiger partial charge in [-0.1, -0.05) is 43.5 Å². The lowest BCUT2D eigenvalue weighted by Crippen LogP contribution is -2.38. The van der Waals surface area contributed by atoms with Crippen LogP contribution in [0.4, 0.5) is 16.6 Å². The third-order valence-corrected chi connectivity index (χ3v) is 7.33. The summed E-state index contributed by atoms with van der Waals surface area (Å²) < 4.78 is 12.7. The summed E-state index contributed by atoms with van der Waals surface area (Å²) in [6, 6.07) is 12.0. The van der Waals surface area contributed by atoms with Crippen molar-refractivity contribution in [3.8, 4) is 0 Å². The molecule has 1 saturated carbocycles. The monoisotopic (exact) mass is 574 g/mol. The van der Waals surface area contributed by atoms with E-state index in [1.807, 2.05) is 30.1 Å². The predicted octanol–water partition coefficient (Wildman–Crippen LogP) is 6.13. The molecule has 222 valence electrons. The largest absolute Gasteiger partial charge is 0.480 e. The zero-order valence-corrected chi connectivity index (χ0v) is 24.6. The molecule has 5 rings (SSSR count). The van der Waals surface area contributed by atoms with Gasteiger partial charge in [-0.05, 0) is 62.8 Å². The van der Waals surface area contributed by atoms with Crippen molar-refractivity contribution in [1.29, 1.82) is 0 Å². The zero-order valence-electron chi connectivity index (χ0n) is 24.6. The molecule has 0 unspecified atom stereocenters. The molecule has 1 aromatic carbocycles. The highest BCUT2D eigenvalue weighted by Gasteiger charge is 2.29. The Bertz CT molecular complexity index is 1520. The molecule has 3 aromatic heterocycles. The molecule has 1 N–H and O–H groups in total. The molecule has 0 atom stereocenters. The van der Waals surface area contributed by atoms with Crippen LogP contribution in [0.3, 0.4) is 0 Å². The second-order valence-corrected chi connectivity index (χ2v) is 11.9. The molecule has 1 amide bonds. The molecule has 0 aliphatic heterocycles. The van der Waals surface area contributed by atoms with Gasteiger partial charge in [-0.3, -0.25) is 4.79 Å². The number of anilines is 2. The molecule has 1 fully saturated rings. The van der Waals surface area contributed by atoms with Gasteiger partial charge in [0.05, 0.1) is 25.7 Å². The maximum absolute atomic E-state index is 13.6. The fourth-order valence-corrected chi connectivity index (χ4v) is 5.33. The standard InChI is InChI=1S/C31H38N6O5/c1-31(2,3)42-30(40)37(17-21-12-14-23(15-13-21)22-9-6-5-7-10-22)29-33-27(35(4)18-24-11-8-16-41-24)26-28(34-29)36(20-32-26)19-25(38)39/h8,11-16,20,22H,5-7,9-10,17-19H2,1-4H3,(H,38,39). The molecule has 11 nitrogen and oxygen atoms in total. The summed E-state index contributed by atoms with van der Waals surface area (Å²) in [6.07, 6.45) is 8.63. The van der Waals surface area contributed by atoms with Gasteiger partial charge in [-0.25, -0.2) is 14.7 Å². The summed E-state index contributed by atoms with van der Waals surface area (Å²) in [5, 5.41) is 9.50. The Morgan fingerprint density at radius 3 is 2.45 bits per heavy atom. The number of hydrogen-bond donors (Lipinski definition) is 1. The normalized spacial score (nSPS) is 14.2. The van der Waals surface area contributed by atoms with E-state index in [9.17, 15) is 14.7 Å². The van der Waals surface area contributed by atoms with Crippen molar-refractivity contribution in [3.63, 3.8) is 0 Å². The Morgan fingerprint density at radius 2 is 1.81 bits per heavy atom. The number of carboxylic acid groups (broad SMARTS) is 1. The molecule has 11 heteroatoms. The number of furan rings is 1. The van der Waals surface area contributed by atoms with Gasteiger partial charge in [0.1, 0.15) is 17.9 Å². The number of fused-ring (bicyclic) bond motifs is 1. The molecule has 4 aromatic rings. The number of benzene rings is 1. The Hall–Kier alpha value is -4.41. The third-order valence-electron chi connectivity index (χ3n) is 7.33. The SMILES string of the molecule is CN(Cc1ccco1)c1nc(N(Cc2ccc(C3CCCCC3)cc2)C(=O)OC(C)(C)C)nc2c1ncn2CC(=O)O. The highest BCUT2D eigenvalue weighted by molar-refractivity contribution is 5.90. The Morgan fingerprint density at radius 1 is 1.07 bits per heavy atom. The first-order valence-electron chi connectivity index (χ1n) is 14.3. The molecule has 3 heterocycles. The third kappa shape index (κ3) is 6.89. The number of carbonyl (C=O) groups is 2. The molecule has 0 spiro atoms. The van der Waals surface area contributed by atoms with Crippen LogP contribution in [-0.2, 0) is 29.2 Å². The van der Waals surface area contributed by atoms with E-state index in [4.69, 9.17) is 14.1 Å². The van der Waals surface area contributed by atoms with E-state index in [0.717, 1.165) is 5.56 Å². The van der Waals surface area contributed by atoms with E-state index >= 15 is 0 Å². The van der Waals surface area contributed by atoms with E-state index in [1.165, 1.54) is 53.5 Å². The first-order valence-corrected chi connectivity index (χ1v) is 14.3. The van der Waals surface area contributed by atoms with Gasteiger partial charge in [0.15, 0.2) is 17.0 Å². The lowest BCUT2D eigenvalue weighted by molar-refractivity contribution is -0.137. The molecular weight excluding hydrogens is 536 g/mol. The molecule has 0 radical (unpaired) electrons. The number of aliphatic carboxylic acids is 1. The van der Waals surface area contributed by atoms with Gasteiger partial charge in [0, 0.05) is 7.05 Å². The van der Waals surface area contributed by atoms with Crippen molar-refractivity contribution >= 4 is 35.0 Å². The van der Waals surface area contributed by atoms with Crippen molar-refractivity contribution in [2.24, 2.45) is 0 Å². The minimum Gasteiger partial charge on any atom is -0.480 e. The lowest BCUT2D eigenvalue weighted by Gasteiger charge is -2.27. The summed E-state index contributed by atoms with van der Waals surface area (Å²) in [5.41, 5.74) is 2.17. The summed E-state index contributed by atoms with van der Waals surface area (Å²) in [4.78, 5) is 42.3. The highest BCUT2D eigenvalue weighted by atomic mass is 16.6. The van der Waals surface area contributed by atoms with Crippen LogP contribution in [0.2, 0.25) is 0 Å². The second kappa shape index (κ2) is 12.2. The van der Waals surface area contributed by atoms with Gasteiger partial charge >= 0.3 is 12.1 Å². The second-order valence-electron chi connectivity index (χ2n) is 11.9.